The van der Waals surface area contributed by atoms with Gasteiger partial charge in [-0.25, -0.2) is 0 Å². The molecule has 1 N–H and O–H groups in total. The lowest BCUT2D eigenvalue weighted by Gasteiger charge is -2.15. The molecule has 0 aromatic heterocycles. The first-order valence-corrected chi connectivity index (χ1v) is 9.75. The Morgan fingerprint density at radius 3 is 1.92 bits per heavy atom. The highest BCUT2D eigenvalue weighted by Crippen LogP contribution is 2.34. The molecule has 1 unspecified atom stereocenters. The number of aliphatic hydroxyl groups is 1. The minimum Gasteiger partial charge on any atom is -0.494 e. The Bertz CT molecular complexity index is 467. The molecule has 1 aromatic carbocycles. The van der Waals surface area contributed by atoms with Gasteiger partial charge in [-0.05, 0) is 30.2 Å². The van der Waals surface area contributed by atoms with Crippen LogP contribution in [0.25, 0.3) is 0 Å². The van der Waals surface area contributed by atoms with Gasteiger partial charge in [0.15, 0.2) is 0 Å². The van der Waals surface area contributed by atoms with Crippen LogP contribution in [-0.2, 0) is 6.18 Å². The van der Waals surface area contributed by atoms with Crippen molar-refractivity contribution in [1.82, 2.24) is 0 Å². The fourth-order valence-corrected chi connectivity index (χ4v) is 2.33. The van der Waals surface area contributed by atoms with Crippen molar-refractivity contribution in [1.29, 1.82) is 0 Å². The Kier molecular flexibility index (Phi) is 13.2. The molecule has 0 aliphatic rings. The van der Waals surface area contributed by atoms with E-state index >= 15 is 0 Å². The molecule has 1 atom stereocenters. The molecule has 152 valence electrons. The van der Waals surface area contributed by atoms with Crippen LogP contribution in [0.5, 0.6) is 5.75 Å². The average Bonchev–Trinajstić information content (AvgIpc) is 2.62. The van der Waals surface area contributed by atoms with Crippen molar-refractivity contribution in [3.63, 3.8) is 0 Å². The maximum absolute atomic E-state index is 12.7. The lowest BCUT2D eigenvalue weighted by molar-refractivity contribution is -0.137. The fraction of sp³-hybridized carbons (Fsp3) is 0.714. The fourth-order valence-electron chi connectivity index (χ4n) is 2.33. The first kappa shape index (κ1) is 24.8. The predicted octanol–water partition coefficient (Wildman–Crippen LogP) is 6.96. The van der Waals surface area contributed by atoms with Gasteiger partial charge in [0.2, 0.25) is 0 Å². The lowest BCUT2D eigenvalue weighted by Crippen LogP contribution is -2.09. The number of hydrogen-bond donors (Lipinski definition) is 1. The van der Waals surface area contributed by atoms with E-state index in [4.69, 9.17) is 9.84 Å². The molecular formula is C21H35F3O2. The van der Waals surface area contributed by atoms with Crippen molar-refractivity contribution in [3.8, 4) is 5.75 Å². The summed E-state index contributed by atoms with van der Waals surface area (Å²) < 4.78 is 43.4. The molecule has 0 spiro atoms. The molecule has 0 radical (unpaired) electrons. The van der Waals surface area contributed by atoms with Crippen molar-refractivity contribution in [2.75, 3.05) is 13.2 Å². The van der Waals surface area contributed by atoms with Crippen molar-refractivity contribution >= 4 is 0 Å². The highest BCUT2D eigenvalue weighted by molar-refractivity contribution is 5.37. The monoisotopic (exact) mass is 376 g/mol. The minimum absolute atomic E-state index is 0.196. The van der Waals surface area contributed by atoms with E-state index < -0.39 is 11.7 Å². The molecule has 0 saturated carbocycles. The van der Waals surface area contributed by atoms with Gasteiger partial charge < -0.3 is 9.84 Å². The standard InChI is InChI=1S/C13H17F3O2.C8H18/c1-3-4-18-12-6-10(9(2)8-17)5-11(7-12)13(14,15)16;1-3-5-7-8-6-4-2/h5-7,9,17H,3-4,8H2,1-2H3;3-8H2,1-2H3. The van der Waals surface area contributed by atoms with Crippen LogP contribution in [0, 0.1) is 0 Å². The third kappa shape index (κ3) is 10.7. The van der Waals surface area contributed by atoms with E-state index in [0.717, 1.165) is 18.6 Å². The second-order valence-corrected chi connectivity index (χ2v) is 6.63. The summed E-state index contributed by atoms with van der Waals surface area (Å²) >= 11 is 0. The number of halogens is 3. The predicted molar refractivity (Wildman–Crippen MR) is 102 cm³/mol. The van der Waals surface area contributed by atoms with E-state index in [0.29, 0.717) is 12.2 Å². The van der Waals surface area contributed by atoms with Crippen molar-refractivity contribution in [3.05, 3.63) is 29.3 Å². The molecule has 1 aromatic rings. The van der Waals surface area contributed by atoms with E-state index in [-0.39, 0.29) is 18.3 Å². The Morgan fingerprint density at radius 2 is 1.50 bits per heavy atom. The molecule has 0 bridgehead atoms. The summed E-state index contributed by atoms with van der Waals surface area (Å²) in [4.78, 5) is 0. The SMILES string of the molecule is CCCCCCCC.CCCOc1cc(C(C)CO)cc(C(F)(F)F)c1. The number of ether oxygens (including phenoxy) is 1. The number of rotatable bonds is 10. The zero-order valence-corrected chi connectivity index (χ0v) is 16.7. The summed E-state index contributed by atoms with van der Waals surface area (Å²) in [5.74, 6) is -0.154. The molecule has 5 heteroatoms. The van der Waals surface area contributed by atoms with Crippen molar-refractivity contribution < 1.29 is 23.0 Å². The number of alkyl halides is 3. The van der Waals surface area contributed by atoms with Crippen LogP contribution in [0.1, 0.15) is 89.7 Å². The summed E-state index contributed by atoms with van der Waals surface area (Å²) in [5.41, 5.74) is -0.315. The molecule has 2 nitrogen and oxygen atoms in total. The van der Waals surface area contributed by atoms with Gasteiger partial charge in [0.25, 0.3) is 0 Å². The van der Waals surface area contributed by atoms with E-state index in [1.165, 1.54) is 38.5 Å². The number of hydrogen-bond acceptors (Lipinski definition) is 2. The van der Waals surface area contributed by atoms with E-state index in [9.17, 15) is 13.2 Å². The summed E-state index contributed by atoms with van der Waals surface area (Å²) in [6.45, 7) is 8.23. The van der Waals surface area contributed by atoms with Crippen LogP contribution in [0.15, 0.2) is 18.2 Å². The van der Waals surface area contributed by atoms with Gasteiger partial charge in [0, 0.05) is 12.5 Å². The summed E-state index contributed by atoms with van der Waals surface area (Å²) in [7, 11) is 0. The van der Waals surface area contributed by atoms with E-state index in [1.807, 2.05) is 6.92 Å². The van der Waals surface area contributed by atoms with Gasteiger partial charge in [0.1, 0.15) is 5.75 Å². The largest absolute Gasteiger partial charge is 0.494 e. The average molecular weight is 377 g/mol. The van der Waals surface area contributed by atoms with Gasteiger partial charge >= 0.3 is 6.18 Å². The number of aliphatic hydroxyl groups excluding tert-OH is 1. The highest BCUT2D eigenvalue weighted by Gasteiger charge is 2.31. The van der Waals surface area contributed by atoms with Gasteiger partial charge in [-0.2, -0.15) is 13.2 Å². The third-order valence-electron chi connectivity index (χ3n) is 4.03. The molecule has 0 aliphatic heterocycles. The molecule has 0 fully saturated rings. The maximum atomic E-state index is 12.7. The smallest absolute Gasteiger partial charge is 0.416 e. The van der Waals surface area contributed by atoms with Crippen LogP contribution in [0.2, 0.25) is 0 Å². The molecule has 0 saturated heterocycles. The molecule has 0 aliphatic carbocycles. The van der Waals surface area contributed by atoms with Crippen LogP contribution in [0.4, 0.5) is 13.2 Å². The second kappa shape index (κ2) is 13.9. The summed E-state index contributed by atoms with van der Waals surface area (Å²) in [5, 5.41) is 9.03. The second-order valence-electron chi connectivity index (χ2n) is 6.63. The summed E-state index contributed by atoms with van der Waals surface area (Å²) in [6.07, 6.45) is 4.80. The van der Waals surface area contributed by atoms with Gasteiger partial charge in [-0.1, -0.05) is 66.2 Å². The van der Waals surface area contributed by atoms with Crippen LogP contribution in [0.3, 0.4) is 0 Å². The topological polar surface area (TPSA) is 29.5 Å². The Balaban J connectivity index is 0.000000660. The van der Waals surface area contributed by atoms with Gasteiger partial charge in [-0.15, -0.1) is 0 Å². The van der Waals surface area contributed by atoms with Crippen LogP contribution < -0.4 is 4.74 Å². The molecule has 26 heavy (non-hydrogen) atoms. The molecule has 0 amide bonds. The number of unbranched alkanes of at least 4 members (excludes halogenated alkanes) is 5. The Labute approximate surface area is 156 Å². The van der Waals surface area contributed by atoms with Gasteiger partial charge in [-0.3, -0.25) is 0 Å². The normalized spacial score (nSPS) is 12.3. The Hall–Kier alpha value is -1.23. The minimum atomic E-state index is -4.41. The van der Waals surface area contributed by atoms with Crippen molar-refractivity contribution in [2.45, 2.75) is 84.7 Å². The maximum Gasteiger partial charge on any atom is 0.416 e. The number of benzene rings is 1. The molecule has 0 heterocycles. The van der Waals surface area contributed by atoms with Crippen molar-refractivity contribution in [2.24, 2.45) is 0 Å². The molecular weight excluding hydrogens is 341 g/mol. The van der Waals surface area contributed by atoms with Crippen LogP contribution in [-0.4, -0.2) is 18.3 Å². The third-order valence-corrected chi connectivity index (χ3v) is 4.03. The highest BCUT2D eigenvalue weighted by atomic mass is 19.4. The van der Waals surface area contributed by atoms with E-state index in [2.05, 4.69) is 13.8 Å². The first-order valence-electron chi connectivity index (χ1n) is 9.75. The van der Waals surface area contributed by atoms with Gasteiger partial charge in [0.05, 0.1) is 12.2 Å². The quantitative estimate of drug-likeness (QED) is 0.447. The zero-order chi connectivity index (χ0) is 20.0. The van der Waals surface area contributed by atoms with E-state index in [1.54, 1.807) is 13.0 Å². The van der Waals surface area contributed by atoms with Crippen LogP contribution >= 0.6 is 0 Å². The first-order chi connectivity index (χ1) is 12.3. The zero-order valence-electron chi connectivity index (χ0n) is 16.7. The molecule has 1 rings (SSSR count). The summed E-state index contributed by atoms with van der Waals surface area (Å²) in [6, 6.07) is 3.59. The lowest BCUT2D eigenvalue weighted by atomic mass is 9.99. The Morgan fingerprint density at radius 1 is 0.923 bits per heavy atom.